The molecule has 0 saturated carbocycles. The molecule has 0 fully saturated rings. The molecule has 0 saturated heterocycles. The first-order valence-corrected chi connectivity index (χ1v) is 7.48. The summed E-state index contributed by atoms with van der Waals surface area (Å²) in [7, 11) is 0. The fraction of sp³-hybridized carbons (Fsp3) is 0.0769. The molecule has 0 heterocycles. The summed E-state index contributed by atoms with van der Waals surface area (Å²) in [6.07, 6.45) is 2.04. The fourth-order valence-electron chi connectivity index (χ4n) is 1.39. The van der Waals surface area contributed by atoms with E-state index in [1.54, 1.807) is 23.5 Å². The summed E-state index contributed by atoms with van der Waals surface area (Å²) >= 11 is 9.40. The number of halogens is 1. The molecule has 0 bridgehead atoms. The number of anilines is 1. The molecule has 1 nitrogen and oxygen atoms in total. The topological polar surface area (TPSA) is 26.0 Å². The van der Waals surface area contributed by atoms with Gasteiger partial charge in [-0.25, -0.2) is 0 Å². The minimum absolute atomic E-state index is 0.755. The highest BCUT2D eigenvalue weighted by molar-refractivity contribution is 7.99. The first kappa shape index (κ1) is 12.7. The predicted octanol–water partition coefficient (Wildman–Crippen LogP) is 4.80. The molecule has 2 N–H and O–H groups in total. The molecule has 2 aromatic rings. The Bertz CT molecular complexity index is 529. The van der Waals surface area contributed by atoms with E-state index < -0.39 is 0 Å². The maximum absolute atomic E-state index is 6.12. The number of nitrogens with two attached hydrogens (primary N) is 1. The summed E-state index contributed by atoms with van der Waals surface area (Å²) in [6, 6.07) is 13.9. The minimum Gasteiger partial charge on any atom is -0.398 e. The van der Waals surface area contributed by atoms with E-state index >= 15 is 0 Å². The molecule has 2 aromatic carbocycles. The zero-order chi connectivity index (χ0) is 12.3. The zero-order valence-electron chi connectivity index (χ0n) is 9.31. The van der Waals surface area contributed by atoms with Gasteiger partial charge in [-0.2, -0.15) is 0 Å². The maximum Gasteiger partial charge on any atom is 0.0545 e. The lowest BCUT2D eigenvalue weighted by molar-refractivity contribution is 1.35. The van der Waals surface area contributed by atoms with Crippen LogP contribution < -0.4 is 5.73 Å². The number of hydrogen-bond acceptors (Lipinski definition) is 3. The fourth-order valence-corrected chi connectivity index (χ4v) is 2.95. The van der Waals surface area contributed by atoms with E-state index in [0.717, 1.165) is 20.5 Å². The van der Waals surface area contributed by atoms with E-state index in [1.807, 2.05) is 42.7 Å². The smallest absolute Gasteiger partial charge is 0.0545 e. The Morgan fingerprint density at radius 1 is 1.06 bits per heavy atom. The Hall–Kier alpha value is -0.770. The van der Waals surface area contributed by atoms with Crippen molar-refractivity contribution in [3.8, 4) is 0 Å². The Morgan fingerprint density at radius 3 is 2.47 bits per heavy atom. The van der Waals surface area contributed by atoms with Gasteiger partial charge in [0.2, 0.25) is 0 Å². The third kappa shape index (κ3) is 3.12. The second-order valence-corrected chi connectivity index (χ2v) is 5.81. The third-order valence-corrected chi connectivity index (χ3v) is 4.61. The molecule has 4 heteroatoms. The summed E-state index contributed by atoms with van der Waals surface area (Å²) in [5.74, 6) is 0. The standard InChI is InChI=1S/C13H12ClNS2/c1-16-9-6-7-13(11(15)8-9)17-12-5-3-2-4-10(12)14/h2-8H,15H2,1H3. The van der Waals surface area contributed by atoms with Gasteiger partial charge in [-0.05, 0) is 36.6 Å². The average molecular weight is 282 g/mol. The van der Waals surface area contributed by atoms with Crippen molar-refractivity contribution in [2.45, 2.75) is 14.7 Å². The van der Waals surface area contributed by atoms with Gasteiger partial charge in [-0.3, -0.25) is 0 Å². The van der Waals surface area contributed by atoms with Gasteiger partial charge in [-0.15, -0.1) is 11.8 Å². The van der Waals surface area contributed by atoms with Gasteiger partial charge in [0.1, 0.15) is 0 Å². The highest BCUT2D eigenvalue weighted by Crippen LogP contribution is 2.37. The molecule has 17 heavy (non-hydrogen) atoms. The summed E-state index contributed by atoms with van der Waals surface area (Å²) < 4.78 is 0. The van der Waals surface area contributed by atoms with Crippen LogP contribution in [-0.2, 0) is 0 Å². The summed E-state index contributed by atoms with van der Waals surface area (Å²) in [5.41, 5.74) is 6.81. The van der Waals surface area contributed by atoms with Crippen molar-refractivity contribution in [3.63, 3.8) is 0 Å². The van der Waals surface area contributed by atoms with Gasteiger partial charge >= 0.3 is 0 Å². The molecule has 0 aromatic heterocycles. The van der Waals surface area contributed by atoms with E-state index in [4.69, 9.17) is 17.3 Å². The quantitative estimate of drug-likeness (QED) is 0.647. The summed E-state index contributed by atoms with van der Waals surface area (Å²) in [6.45, 7) is 0. The van der Waals surface area contributed by atoms with Crippen LogP contribution in [0.4, 0.5) is 5.69 Å². The number of benzene rings is 2. The lowest BCUT2D eigenvalue weighted by Crippen LogP contribution is -1.88. The summed E-state index contributed by atoms with van der Waals surface area (Å²) in [4.78, 5) is 3.24. The van der Waals surface area contributed by atoms with E-state index in [-0.39, 0.29) is 0 Å². The molecule has 0 radical (unpaired) electrons. The van der Waals surface area contributed by atoms with Crippen molar-refractivity contribution in [2.75, 3.05) is 12.0 Å². The number of hydrogen-bond donors (Lipinski definition) is 1. The van der Waals surface area contributed by atoms with Crippen LogP contribution in [0, 0.1) is 0 Å². The molecule has 0 aliphatic heterocycles. The Balaban J connectivity index is 2.28. The lowest BCUT2D eigenvalue weighted by Gasteiger charge is -2.08. The van der Waals surface area contributed by atoms with E-state index in [1.165, 1.54) is 4.90 Å². The van der Waals surface area contributed by atoms with Gasteiger partial charge in [0.15, 0.2) is 0 Å². The molecular weight excluding hydrogens is 270 g/mol. The van der Waals surface area contributed by atoms with Crippen molar-refractivity contribution in [2.24, 2.45) is 0 Å². The van der Waals surface area contributed by atoms with Crippen LogP contribution in [0.15, 0.2) is 57.2 Å². The number of rotatable bonds is 3. The van der Waals surface area contributed by atoms with Gasteiger partial charge in [0, 0.05) is 20.4 Å². The van der Waals surface area contributed by atoms with Crippen molar-refractivity contribution < 1.29 is 0 Å². The molecule has 0 aliphatic rings. The Kier molecular flexibility index (Phi) is 4.26. The third-order valence-electron chi connectivity index (χ3n) is 2.27. The summed E-state index contributed by atoms with van der Waals surface area (Å²) in [5, 5.41) is 0.755. The van der Waals surface area contributed by atoms with E-state index in [0.29, 0.717) is 0 Å². The highest BCUT2D eigenvalue weighted by atomic mass is 35.5. The molecule has 0 spiro atoms. The van der Waals surface area contributed by atoms with Crippen molar-refractivity contribution >= 4 is 40.8 Å². The van der Waals surface area contributed by atoms with Gasteiger partial charge in [0.05, 0.1) is 5.02 Å². The monoisotopic (exact) mass is 281 g/mol. The van der Waals surface area contributed by atoms with E-state index in [9.17, 15) is 0 Å². The largest absolute Gasteiger partial charge is 0.398 e. The molecule has 0 unspecified atom stereocenters. The van der Waals surface area contributed by atoms with Crippen molar-refractivity contribution in [1.29, 1.82) is 0 Å². The SMILES string of the molecule is CSc1ccc(Sc2ccccc2Cl)c(N)c1. The second kappa shape index (κ2) is 5.71. The maximum atomic E-state index is 6.12. The van der Waals surface area contributed by atoms with Crippen LogP contribution in [0.2, 0.25) is 5.02 Å². The van der Waals surface area contributed by atoms with Gasteiger partial charge < -0.3 is 5.73 Å². The molecule has 0 amide bonds. The number of thioether (sulfide) groups is 1. The van der Waals surface area contributed by atoms with Crippen LogP contribution >= 0.6 is 35.1 Å². The zero-order valence-corrected chi connectivity index (χ0v) is 11.7. The minimum atomic E-state index is 0.755. The van der Waals surface area contributed by atoms with E-state index in [2.05, 4.69) is 6.07 Å². The lowest BCUT2D eigenvalue weighted by atomic mass is 10.3. The first-order valence-electron chi connectivity index (χ1n) is 5.06. The van der Waals surface area contributed by atoms with Gasteiger partial charge in [-0.1, -0.05) is 35.5 Å². The first-order chi connectivity index (χ1) is 8.20. The molecule has 0 atom stereocenters. The van der Waals surface area contributed by atoms with Gasteiger partial charge in [0.25, 0.3) is 0 Å². The Labute approximate surface area is 115 Å². The highest BCUT2D eigenvalue weighted by Gasteiger charge is 2.05. The molecule has 2 rings (SSSR count). The van der Waals surface area contributed by atoms with Crippen LogP contribution in [0.1, 0.15) is 0 Å². The molecule has 88 valence electrons. The normalized spacial score (nSPS) is 10.5. The van der Waals surface area contributed by atoms with Crippen molar-refractivity contribution in [3.05, 3.63) is 47.5 Å². The van der Waals surface area contributed by atoms with Crippen LogP contribution in [0.3, 0.4) is 0 Å². The van der Waals surface area contributed by atoms with Crippen LogP contribution in [0.5, 0.6) is 0 Å². The predicted molar refractivity (Wildman–Crippen MR) is 78.2 cm³/mol. The second-order valence-electron chi connectivity index (χ2n) is 3.44. The average Bonchev–Trinajstić information content (AvgIpc) is 2.34. The van der Waals surface area contributed by atoms with Crippen LogP contribution in [0.25, 0.3) is 0 Å². The van der Waals surface area contributed by atoms with Crippen molar-refractivity contribution in [1.82, 2.24) is 0 Å². The van der Waals surface area contributed by atoms with Crippen LogP contribution in [-0.4, -0.2) is 6.26 Å². The molecule has 0 aliphatic carbocycles. The number of nitrogen functional groups attached to an aromatic ring is 1. The Morgan fingerprint density at radius 2 is 1.82 bits per heavy atom. The molecular formula is C13H12ClNS2.